The number of phenols is 1. The average Bonchev–Trinajstić information content (AvgIpc) is 3.25. The summed E-state index contributed by atoms with van der Waals surface area (Å²) in [4.78, 5) is 61.2. The van der Waals surface area contributed by atoms with Gasteiger partial charge < -0.3 is 35.1 Å². The molecule has 12 nitrogen and oxygen atoms in total. The fourth-order valence-electron chi connectivity index (χ4n) is 8.90. The van der Waals surface area contributed by atoms with E-state index in [9.17, 15) is 29.4 Å². The van der Waals surface area contributed by atoms with Crippen LogP contribution < -0.4 is 10.9 Å². The van der Waals surface area contributed by atoms with Crippen LogP contribution in [0.2, 0.25) is 0 Å². The topological polar surface area (TPSA) is 156 Å². The van der Waals surface area contributed by atoms with Gasteiger partial charge in [-0.25, -0.2) is 0 Å². The summed E-state index contributed by atoms with van der Waals surface area (Å²) in [5.74, 6) is 0.232. The number of aromatic hydroxyl groups is 1. The number of rotatable bonds is 15. The molecule has 4 aliphatic rings. The lowest BCUT2D eigenvalue weighted by Gasteiger charge is -2.46. The van der Waals surface area contributed by atoms with Crippen LogP contribution in [-0.4, -0.2) is 113 Å². The lowest BCUT2D eigenvalue weighted by Crippen LogP contribution is -2.55. The number of aryl methyl sites for hydroxylation is 1. The van der Waals surface area contributed by atoms with E-state index in [1.54, 1.807) is 17.0 Å². The number of esters is 1. The number of amides is 2. The van der Waals surface area contributed by atoms with Gasteiger partial charge in [0.25, 0.3) is 5.91 Å². The quantitative estimate of drug-likeness (QED) is 0.101. The number of carbonyl (C=O) groups excluding carboxylic acids is 3. The molecule has 302 valence electrons. The Labute approximate surface area is 333 Å². The molecule has 4 aliphatic heterocycles. The highest BCUT2D eigenvalue weighted by atomic mass is 16.5. The number of aromatic amines is 1. The minimum atomic E-state index is -0.856. The number of aliphatic hydroxyl groups is 1. The molecule has 0 aliphatic carbocycles. The van der Waals surface area contributed by atoms with Crippen molar-refractivity contribution in [2.45, 2.75) is 69.5 Å². The van der Waals surface area contributed by atoms with Crippen molar-refractivity contribution in [1.82, 2.24) is 25.0 Å². The first-order valence-electron chi connectivity index (χ1n) is 20.5. The number of likely N-dealkylation sites (tertiary alicyclic amines) is 1. The number of ether oxygens (including phenoxy) is 1. The molecule has 2 bridgehead atoms. The van der Waals surface area contributed by atoms with E-state index in [1.807, 2.05) is 66.4 Å². The first-order chi connectivity index (χ1) is 27.6. The van der Waals surface area contributed by atoms with Crippen molar-refractivity contribution in [3.63, 3.8) is 0 Å². The summed E-state index contributed by atoms with van der Waals surface area (Å²) in [6, 6.07) is 23.5. The van der Waals surface area contributed by atoms with E-state index in [0.29, 0.717) is 92.8 Å². The van der Waals surface area contributed by atoms with Crippen LogP contribution in [-0.2, 0) is 26.2 Å². The van der Waals surface area contributed by atoms with Crippen molar-refractivity contribution in [3.05, 3.63) is 111 Å². The number of H-pyrrole nitrogens is 1. The van der Waals surface area contributed by atoms with Crippen LogP contribution in [0.3, 0.4) is 0 Å². The van der Waals surface area contributed by atoms with E-state index in [1.165, 1.54) is 12.1 Å². The van der Waals surface area contributed by atoms with Gasteiger partial charge in [-0.05, 0) is 112 Å². The summed E-state index contributed by atoms with van der Waals surface area (Å²) in [6.07, 6.45) is 3.90. The fourth-order valence-corrected chi connectivity index (χ4v) is 8.90. The van der Waals surface area contributed by atoms with Gasteiger partial charge in [0.15, 0.2) is 0 Å². The first kappa shape index (κ1) is 40.2. The van der Waals surface area contributed by atoms with Crippen LogP contribution in [0, 0.1) is 5.92 Å². The zero-order valence-corrected chi connectivity index (χ0v) is 32.8. The fraction of sp³-hybridized carbons (Fsp3) is 0.467. The Balaban J connectivity index is 0.857. The number of fused-ring (bicyclic) bond motifs is 4. The third kappa shape index (κ3) is 9.08. The number of hydrogen-bond donors (Lipinski definition) is 4. The lowest BCUT2D eigenvalue weighted by molar-refractivity contribution is -0.168. The molecule has 57 heavy (non-hydrogen) atoms. The number of phenolic OH excluding ortho intramolecular Hbond substituents is 1. The number of nitrogens with zero attached hydrogens (tertiary/aromatic N) is 3. The molecule has 4 fully saturated rings. The third-order valence-electron chi connectivity index (χ3n) is 12.4. The Hall–Kier alpha value is -5.04. The Kier molecular flexibility index (Phi) is 12.7. The van der Waals surface area contributed by atoms with Crippen LogP contribution in [0.1, 0.15) is 78.6 Å². The summed E-state index contributed by atoms with van der Waals surface area (Å²) < 4.78 is 6.30. The van der Waals surface area contributed by atoms with Crippen molar-refractivity contribution in [3.8, 4) is 5.75 Å². The highest BCUT2D eigenvalue weighted by molar-refractivity contribution is 5.94. The third-order valence-corrected chi connectivity index (χ3v) is 12.4. The molecule has 5 heterocycles. The summed E-state index contributed by atoms with van der Waals surface area (Å²) in [6.45, 7) is 7.87. The molecule has 12 heteroatoms. The van der Waals surface area contributed by atoms with Gasteiger partial charge in [-0.3, -0.25) is 24.1 Å². The summed E-state index contributed by atoms with van der Waals surface area (Å²) in [7, 11) is 0. The Morgan fingerprint density at radius 1 is 0.965 bits per heavy atom. The number of piperidine rings is 4. The summed E-state index contributed by atoms with van der Waals surface area (Å²) >= 11 is 0. The van der Waals surface area contributed by atoms with Crippen molar-refractivity contribution in [2.75, 3.05) is 58.9 Å². The van der Waals surface area contributed by atoms with Gasteiger partial charge in [0, 0.05) is 62.7 Å². The van der Waals surface area contributed by atoms with Gasteiger partial charge in [-0.15, -0.1) is 0 Å². The second-order valence-electron chi connectivity index (χ2n) is 15.9. The predicted molar refractivity (Wildman–Crippen MR) is 218 cm³/mol. The maximum atomic E-state index is 14.0. The molecule has 3 aromatic carbocycles. The Bertz CT molecular complexity index is 2070. The van der Waals surface area contributed by atoms with E-state index in [4.69, 9.17) is 4.74 Å². The van der Waals surface area contributed by atoms with Crippen molar-refractivity contribution < 1.29 is 29.3 Å². The molecule has 4 N–H and O–H groups in total. The van der Waals surface area contributed by atoms with Crippen LogP contribution >= 0.6 is 0 Å². The second kappa shape index (κ2) is 18.0. The van der Waals surface area contributed by atoms with E-state index in [2.05, 4.69) is 15.2 Å². The highest BCUT2D eigenvalue weighted by Gasteiger charge is 2.47. The van der Waals surface area contributed by atoms with Crippen LogP contribution in [0.4, 0.5) is 0 Å². The number of aliphatic hydroxyl groups excluding tert-OH is 1. The molecule has 0 saturated carbocycles. The van der Waals surface area contributed by atoms with Crippen molar-refractivity contribution in [1.29, 1.82) is 0 Å². The molecule has 4 saturated heterocycles. The minimum Gasteiger partial charge on any atom is -0.506 e. The number of hydrogen-bond acceptors (Lipinski definition) is 9. The molecule has 2 atom stereocenters. The average molecular weight is 778 g/mol. The van der Waals surface area contributed by atoms with Crippen LogP contribution in [0.5, 0.6) is 5.75 Å². The highest BCUT2D eigenvalue weighted by Crippen LogP contribution is 2.39. The summed E-state index contributed by atoms with van der Waals surface area (Å²) in [5, 5.41) is 24.8. The minimum absolute atomic E-state index is 0.0550. The standard InChI is InChI=1S/C45H55N5O7/c1-2-49(24-6-23-46-29-38(52)35-14-16-37(51)42-36(35)15-17-40(53)47-42)43(55)33-12-9-31(10-13-33)11-18-41(54)50-27-21-45(22-28-50,34-7-4-3-5-8-34)44(56)57-39-30-48-25-19-32(39)20-26-48/h3-5,7-10,12-17,32,38-39,46,51-52H,2,6,11,18-30H2,1H3,(H,47,53)/t38-,39-/m0/s1. The second-order valence-corrected chi connectivity index (χ2v) is 15.9. The maximum absolute atomic E-state index is 14.0. The molecule has 0 radical (unpaired) electrons. The first-order valence-corrected chi connectivity index (χ1v) is 20.5. The van der Waals surface area contributed by atoms with Gasteiger partial charge >= 0.3 is 5.97 Å². The van der Waals surface area contributed by atoms with E-state index >= 15 is 0 Å². The number of pyridine rings is 1. The molecule has 1 aromatic heterocycles. The van der Waals surface area contributed by atoms with Gasteiger partial charge in [0.2, 0.25) is 11.5 Å². The Morgan fingerprint density at radius 3 is 2.39 bits per heavy atom. The molecule has 8 rings (SSSR count). The van der Waals surface area contributed by atoms with Crippen LogP contribution in [0.15, 0.2) is 83.7 Å². The van der Waals surface area contributed by atoms with Gasteiger partial charge in [-0.1, -0.05) is 48.5 Å². The van der Waals surface area contributed by atoms with E-state index < -0.39 is 11.5 Å². The largest absolute Gasteiger partial charge is 0.506 e. The molecule has 0 unspecified atom stereocenters. The normalized spacial score (nSPS) is 20.6. The van der Waals surface area contributed by atoms with Gasteiger partial charge in [0.1, 0.15) is 11.9 Å². The zero-order chi connectivity index (χ0) is 39.9. The SMILES string of the molecule is CCN(CCCNC[C@H](O)c1ccc(O)c2[nH]c(=O)ccc12)C(=O)c1ccc(CCC(=O)N2CCC(C(=O)O[C@H]3CN4CCC3CC4)(c3ccccc3)CC2)cc1. The molecule has 4 aromatic rings. The molecular weight excluding hydrogens is 723 g/mol. The molecule has 2 amide bonds. The monoisotopic (exact) mass is 777 g/mol. The summed E-state index contributed by atoms with van der Waals surface area (Å²) in [5.41, 5.74) is 2.34. The smallest absolute Gasteiger partial charge is 0.317 e. The predicted octanol–water partition coefficient (Wildman–Crippen LogP) is 4.54. The number of aromatic nitrogens is 1. The van der Waals surface area contributed by atoms with E-state index in [-0.39, 0.29) is 41.7 Å². The van der Waals surface area contributed by atoms with Gasteiger partial charge in [-0.2, -0.15) is 0 Å². The number of nitrogens with one attached hydrogen (secondary N) is 2. The Morgan fingerprint density at radius 2 is 1.70 bits per heavy atom. The number of carbonyl (C=O) groups is 3. The maximum Gasteiger partial charge on any atom is 0.317 e. The number of benzene rings is 3. The van der Waals surface area contributed by atoms with Gasteiger partial charge in [0.05, 0.1) is 17.0 Å². The zero-order valence-electron chi connectivity index (χ0n) is 32.8. The molecular formula is C45H55N5O7. The molecule has 0 spiro atoms. The lowest BCUT2D eigenvalue weighted by atomic mass is 9.72. The van der Waals surface area contributed by atoms with Crippen molar-refractivity contribution >= 4 is 28.7 Å². The van der Waals surface area contributed by atoms with Crippen molar-refractivity contribution in [2.24, 2.45) is 5.92 Å². The van der Waals surface area contributed by atoms with E-state index in [0.717, 1.165) is 43.6 Å². The van der Waals surface area contributed by atoms with Crippen LogP contribution in [0.25, 0.3) is 10.9 Å².